The highest BCUT2D eigenvalue weighted by atomic mass is 35.5. The number of nitrogens with zero attached hydrogens (tertiary/aromatic N) is 1. The van der Waals surface area contributed by atoms with Gasteiger partial charge in [-0.2, -0.15) is 0 Å². The van der Waals surface area contributed by atoms with Crippen molar-refractivity contribution in [2.45, 2.75) is 13.5 Å². The fourth-order valence-corrected chi connectivity index (χ4v) is 3.52. The fraction of sp³-hybridized carbons (Fsp3) is 0.0909. The molecule has 28 heavy (non-hydrogen) atoms. The average molecular weight is 411 g/mol. The second-order valence-electron chi connectivity index (χ2n) is 6.41. The van der Waals surface area contributed by atoms with E-state index in [1.165, 1.54) is 0 Å². The Bertz CT molecular complexity index is 1160. The Balaban J connectivity index is 1.60. The normalized spacial score (nSPS) is 11.0. The molecule has 0 aliphatic heterocycles. The van der Waals surface area contributed by atoms with E-state index in [0.717, 1.165) is 11.1 Å². The van der Waals surface area contributed by atoms with Gasteiger partial charge in [0.05, 0.1) is 15.6 Å². The molecule has 0 saturated carbocycles. The molecule has 0 aliphatic rings. The molecule has 0 atom stereocenters. The number of amides is 1. The van der Waals surface area contributed by atoms with Crippen LogP contribution in [-0.4, -0.2) is 10.9 Å². The third-order valence-corrected chi connectivity index (χ3v) is 5.16. The predicted octanol–water partition coefficient (Wildman–Crippen LogP) is 6.04. The van der Waals surface area contributed by atoms with Crippen molar-refractivity contribution in [3.8, 4) is 11.5 Å². The number of aromatic nitrogens is 1. The van der Waals surface area contributed by atoms with Gasteiger partial charge in [0, 0.05) is 12.1 Å². The summed E-state index contributed by atoms with van der Waals surface area (Å²) in [4.78, 5) is 17.0. The first-order valence-corrected chi connectivity index (χ1v) is 9.46. The van der Waals surface area contributed by atoms with Gasteiger partial charge in [-0.1, -0.05) is 53.5 Å². The molecule has 140 valence electrons. The number of rotatable bonds is 4. The first kappa shape index (κ1) is 18.5. The summed E-state index contributed by atoms with van der Waals surface area (Å²) in [5.41, 5.74) is 4.36. The Morgan fingerprint density at radius 1 is 1.04 bits per heavy atom. The Labute approximate surface area is 172 Å². The highest BCUT2D eigenvalue weighted by Crippen LogP contribution is 2.35. The molecule has 1 aromatic heterocycles. The van der Waals surface area contributed by atoms with Crippen LogP contribution in [0.2, 0.25) is 10.0 Å². The summed E-state index contributed by atoms with van der Waals surface area (Å²) in [6, 6.07) is 18.3. The number of oxazole rings is 1. The minimum Gasteiger partial charge on any atom is -0.436 e. The molecule has 4 rings (SSSR count). The van der Waals surface area contributed by atoms with Gasteiger partial charge in [-0.25, -0.2) is 4.98 Å². The maximum absolute atomic E-state index is 12.5. The van der Waals surface area contributed by atoms with Crippen LogP contribution in [0.3, 0.4) is 0 Å². The van der Waals surface area contributed by atoms with Gasteiger partial charge in [-0.3, -0.25) is 4.79 Å². The third-order valence-electron chi connectivity index (χ3n) is 4.53. The number of aryl methyl sites for hydroxylation is 1. The molecule has 0 spiro atoms. The lowest BCUT2D eigenvalue weighted by atomic mass is 10.1. The van der Waals surface area contributed by atoms with Crippen molar-refractivity contribution in [1.29, 1.82) is 0 Å². The molecule has 4 aromatic rings. The lowest BCUT2D eigenvalue weighted by Crippen LogP contribution is -2.23. The van der Waals surface area contributed by atoms with E-state index in [9.17, 15) is 4.79 Å². The minimum absolute atomic E-state index is 0.182. The van der Waals surface area contributed by atoms with Crippen LogP contribution < -0.4 is 5.32 Å². The number of nitrogens with one attached hydrogen (secondary N) is 1. The van der Waals surface area contributed by atoms with Crippen molar-refractivity contribution >= 4 is 40.2 Å². The van der Waals surface area contributed by atoms with Gasteiger partial charge in [0.15, 0.2) is 5.58 Å². The zero-order chi connectivity index (χ0) is 19.7. The standard InChI is InChI=1S/C22H16Cl2N2O2/c1-13-5-2-3-6-15(13)12-25-21(27)14-9-10-18-19(11-14)28-22(26-18)20-16(23)7-4-8-17(20)24/h2-11H,12H2,1H3,(H,25,27). The number of hydrogen-bond acceptors (Lipinski definition) is 3. The summed E-state index contributed by atoms with van der Waals surface area (Å²) in [5, 5.41) is 3.84. The summed E-state index contributed by atoms with van der Waals surface area (Å²) >= 11 is 12.5. The Hall–Kier alpha value is -2.82. The monoisotopic (exact) mass is 410 g/mol. The number of hydrogen-bond donors (Lipinski definition) is 1. The third kappa shape index (κ3) is 3.61. The van der Waals surface area contributed by atoms with Gasteiger partial charge < -0.3 is 9.73 Å². The van der Waals surface area contributed by atoms with E-state index in [0.29, 0.717) is 44.7 Å². The SMILES string of the molecule is Cc1ccccc1CNC(=O)c1ccc2nc(-c3c(Cl)cccc3Cl)oc2c1. The van der Waals surface area contributed by atoms with Crippen LogP contribution in [-0.2, 0) is 6.54 Å². The van der Waals surface area contributed by atoms with Gasteiger partial charge in [-0.05, 0) is 48.4 Å². The van der Waals surface area contributed by atoms with Gasteiger partial charge in [-0.15, -0.1) is 0 Å². The van der Waals surface area contributed by atoms with E-state index in [1.807, 2.05) is 31.2 Å². The Kier molecular flexibility index (Phi) is 5.07. The molecule has 0 unspecified atom stereocenters. The molecular formula is C22H16Cl2N2O2. The zero-order valence-electron chi connectivity index (χ0n) is 15.0. The van der Waals surface area contributed by atoms with Crippen LogP contribution in [0.15, 0.2) is 65.1 Å². The fourth-order valence-electron chi connectivity index (χ4n) is 2.96. The molecule has 1 amide bonds. The lowest BCUT2D eigenvalue weighted by Gasteiger charge is -2.07. The number of fused-ring (bicyclic) bond motifs is 1. The largest absolute Gasteiger partial charge is 0.436 e. The molecule has 0 fully saturated rings. The summed E-state index contributed by atoms with van der Waals surface area (Å²) in [6.45, 7) is 2.48. The molecule has 0 aliphatic carbocycles. The van der Waals surface area contributed by atoms with Crippen molar-refractivity contribution in [3.63, 3.8) is 0 Å². The zero-order valence-corrected chi connectivity index (χ0v) is 16.5. The quantitative estimate of drug-likeness (QED) is 0.446. The number of carbonyl (C=O) groups is 1. The summed E-state index contributed by atoms with van der Waals surface area (Å²) in [6.07, 6.45) is 0. The van der Waals surface area contributed by atoms with Crippen LogP contribution in [0.25, 0.3) is 22.6 Å². The molecule has 0 radical (unpaired) electrons. The van der Waals surface area contributed by atoms with Crippen LogP contribution in [0, 0.1) is 6.92 Å². The maximum Gasteiger partial charge on any atom is 0.251 e. The van der Waals surface area contributed by atoms with Gasteiger partial charge in [0.25, 0.3) is 5.91 Å². The highest BCUT2D eigenvalue weighted by molar-refractivity contribution is 6.38. The van der Waals surface area contributed by atoms with Crippen LogP contribution in [0.4, 0.5) is 0 Å². The average Bonchev–Trinajstić information content (AvgIpc) is 3.09. The van der Waals surface area contributed by atoms with Crippen molar-refractivity contribution in [3.05, 3.63) is 87.4 Å². The molecule has 3 aromatic carbocycles. The molecule has 4 nitrogen and oxygen atoms in total. The minimum atomic E-state index is -0.182. The smallest absolute Gasteiger partial charge is 0.251 e. The van der Waals surface area contributed by atoms with E-state index in [4.69, 9.17) is 27.6 Å². The maximum atomic E-state index is 12.5. The molecule has 6 heteroatoms. The predicted molar refractivity (Wildman–Crippen MR) is 112 cm³/mol. The van der Waals surface area contributed by atoms with Crippen LogP contribution in [0.5, 0.6) is 0 Å². The number of carbonyl (C=O) groups excluding carboxylic acids is 1. The van der Waals surface area contributed by atoms with E-state index in [-0.39, 0.29) is 5.91 Å². The second-order valence-corrected chi connectivity index (χ2v) is 7.22. The number of halogens is 2. The van der Waals surface area contributed by atoms with Gasteiger partial charge in [0.2, 0.25) is 5.89 Å². The molecular weight excluding hydrogens is 395 g/mol. The Morgan fingerprint density at radius 2 is 1.79 bits per heavy atom. The summed E-state index contributed by atoms with van der Waals surface area (Å²) in [5.74, 6) is 0.141. The molecule has 1 N–H and O–H groups in total. The summed E-state index contributed by atoms with van der Waals surface area (Å²) in [7, 11) is 0. The van der Waals surface area contributed by atoms with Crippen LogP contribution in [0.1, 0.15) is 21.5 Å². The van der Waals surface area contributed by atoms with Crippen molar-refractivity contribution in [2.75, 3.05) is 0 Å². The van der Waals surface area contributed by atoms with E-state index in [1.54, 1.807) is 36.4 Å². The lowest BCUT2D eigenvalue weighted by molar-refractivity contribution is 0.0951. The van der Waals surface area contributed by atoms with E-state index < -0.39 is 0 Å². The van der Waals surface area contributed by atoms with Crippen molar-refractivity contribution < 1.29 is 9.21 Å². The van der Waals surface area contributed by atoms with Crippen molar-refractivity contribution in [1.82, 2.24) is 10.3 Å². The molecule has 0 saturated heterocycles. The Morgan fingerprint density at radius 3 is 2.54 bits per heavy atom. The van der Waals surface area contributed by atoms with Gasteiger partial charge >= 0.3 is 0 Å². The number of benzene rings is 3. The topological polar surface area (TPSA) is 55.1 Å². The van der Waals surface area contributed by atoms with Crippen LogP contribution >= 0.6 is 23.2 Å². The molecule has 1 heterocycles. The van der Waals surface area contributed by atoms with Crippen molar-refractivity contribution in [2.24, 2.45) is 0 Å². The molecule has 0 bridgehead atoms. The van der Waals surface area contributed by atoms with E-state index in [2.05, 4.69) is 10.3 Å². The first-order valence-electron chi connectivity index (χ1n) is 8.70. The first-order chi connectivity index (χ1) is 13.5. The second kappa shape index (κ2) is 7.66. The summed E-state index contributed by atoms with van der Waals surface area (Å²) < 4.78 is 5.83. The highest BCUT2D eigenvalue weighted by Gasteiger charge is 2.16. The van der Waals surface area contributed by atoms with Gasteiger partial charge in [0.1, 0.15) is 5.52 Å². The van der Waals surface area contributed by atoms with E-state index >= 15 is 0 Å².